The number of nitrogens with zero attached hydrogens (tertiary/aromatic N) is 2. The van der Waals surface area contributed by atoms with Crippen molar-refractivity contribution in [3.63, 3.8) is 0 Å². The number of piperidine rings is 1. The Bertz CT molecular complexity index is 595. The van der Waals surface area contributed by atoms with E-state index in [9.17, 15) is 19.3 Å². The Balaban J connectivity index is 0.00000242. The van der Waals surface area contributed by atoms with Crippen molar-refractivity contribution in [3.8, 4) is 0 Å². The molecule has 0 saturated carbocycles. The molecular formula is C14H19ClFN3O3. The number of nitro benzene ring substituents is 1. The van der Waals surface area contributed by atoms with Gasteiger partial charge in [-0.05, 0) is 17.9 Å². The summed E-state index contributed by atoms with van der Waals surface area (Å²) in [4.78, 5) is 23.8. The van der Waals surface area contributed by atoms with Crippen molar-refractivity contribution in [1.29, 1.82) is 0 Å². The first-order valence-electron chi connectivity index (χ1n) is 6.71. The predicted octanol–water partition coefficient (Wildman–Crippen LogP) is 2.36. The molecule has 1 aliphatic heterocycles. The number of halogens is 2. The molecule has 0 radical (unpaired) electrons. The largest absolute Gasteiger partial charge is 0.338 e. The summed E-state index contributed by atoms with van der Waals surface area (Å²) in [6.45, 7) is 4.82. The minimum Gasteiger partial charge on any atom is -0.338 e. The lowest BCUT2D eigenvalue weighted by Gasteiger charge is -2.42. The van der Waals surface area contributed by atoms with Crippen LogP contribution < -0.4 is 5.73 Å². The number of rotatable bonds is 2. The summed E-state index contributed by atoms with van der Waals surface area (Å²) >= 11 is 0. The first kappa shape index (κ1) is 18.3. The molecule has 1 atom stereocenters. The van der Waals surface area contributed by atoms with Crippen molar-refractivity contribution in [3.05, 3.63) is 39.7 Å². The molecule has 1 aromatic rings. The third-order valence-electron chi connectivity index (χ3n) is 3.99. The number of carbonyl (C=O) groups is 1. The normalized spacial score (nSPS) is 20.2. The van der Waals surface area contributed by atoms with E-state index < -0.39 is 16.6 Å². The molecule has 6 nitrogen and oxygen atoms in total. The molecule has 0 aromatic heterocycles. The van der Waals surface area contributed by atoms with Gasteiger partial charge in [-0.15, -0.1) is 12.4 Å². The van der Waals surface area contributed by atoms with Crippen LogP contribution in [-0.2, 0) is 0 Å². The topological polar surface area (TPSA) is 89.5 Å². The SMILES string of the molecule is CC1(C)CN(C(=O)c2ccc([N+](=O)[O-])cc2F)CCC1N.Cl. The number of nitro groups is 1. The van der Waals surface area contributed by atoms with Crippen LogP contribution in [0.2, 0.25) is 0 Å². The van der Waals surface area contributed by atoms with Crippen LogP contribution in [0, 0.1) is 21.3 Å². The molecule has 1 unspecified atom stereocenters. The number of nitrogens with two attached hydrogens (primary N) is 1. The van der Waals surface area contributed by atoms with E-state index in [2.05, 4.69) is 0 Å². The quantitative estimate of drug-likeness (QED) is 0.665. The fourth-order valence-corrected chi connectivity index (χ4v) is 2.51. The van der Waals surface area contributed by atoms with Gasteiger partial charge in [-0.2, -0.15) is 0 Å². The summed E-state index contributed by atoms with van der Waals surface area (Å²) in [6.07, 6.45) is 0.646. The van der Waals surface area contributed by atoms with Gasteiger partial charge >= 0.3 is 0 Å². The van der Waals surface area contributed by atoms with Crippen molar-refractivity contribution in [2.45, 2.75) is 26.3 Å². The fraction of sp³-hybridized carbons (Fsp3) is 0.500. The van der Waals surface area contributed by atoms with Gasteiger partial charge in [0.25, 0.3) is 11.6 Å². The van der Waals surface area contributed by atoms with Crippen molar-refractivity contribution in [2.24, 2.45) is 11.1 Å². The fourth-order valence-electron chi connectivity index (χ4n) is 2.51. The molecule has 2 N–H and O–H groups in total. The maximum Gasteiger partial charge on any atom is 0.272 e. The summed E-state index contributed by atoms with van der Waals surface area (Å²) in [5.74, 6) is -1.33. The third kappa shape index (κ3) is 3.53. The zero-order valence-corrected chi connectivity index (χ0v) is 13.2. The Morgan fingerprint density at radius 3 is 2.64 bits per heavy atom. The molecule has 1 aromatic carbocycles. The molecule has 1 amide bonds. The highest BCUT2D eigenvalue weighted by Gasteiger charge is 2.36. The zero-order chi connectivity index (χ0) is 15.8. The molecule has 22 heavy (non-hydrogen) atoms. The van der Waals surface area contributed by atoms with Gasteiger partial charge in [0.15, 0.2) is 0 Å². The van der Waals surface area contributed by atoms with Crippen LogP contribution in [0.4, 0.5) is 10.1 Å². The highest BCUT2D eigenvalue weighted by Crippen LogP contribution is 2.29. The maximum atomic E-state index is 13.9. The zero-order valence-electron chi connectivity index (χ0n) is 12.4. The van der Waals surface area contributed by atoms with Gasteiger partial charge in [0.05, 0.1) is 16.6 Å². The first-order valence-corrected chi connectivity index (χ1v) is 6.71. The number of hydrogen-bond acceptors (Lipinski definition) is 4. The number of likely N-dealkylation sites (tertiary alicyclic amines) is 1. The van der Waals surface area contributed by atoms with Crippen LogP contribution >= 0.6 is 12.4 Å². The van der Waals surface area contributed by atoms with Crippen LogP contribution in [0.3, 0.4) is 0 Å². The molecule has 8 heteroatoms. The average Bonchev–Trinajstić information content (AvgIpc) is 2.40. The van der Waals surface area contributed by atoms with E-state index in [0.29, 0.717) is 19.5 Å². The van der Waals surface area contributed by atoms with Gasteiger partial charge < -0.3 is 10.6 Å². The van der Waals surface area contributed by atoms with E-state index >= 15 is 0 Å². The van der Waals surface area contributed by atoms with Gasteiger partial charge in [0.2, 0.25) is 0 Å². The van der Waals surface area contributed by atoms with Gasteiger partial charge in [-0.1, -0.05) is 13.8 Å². The molecular weight excluding hydrogens is 313 g/mol. The Hall–Kier alpha value is -1.73. The number of carbonyl (C=O) groups excluding carboxylic acids is 1. The molecule has 1 aliphatic rings. The van der Waals surface area contributed by atoms with Gasteiger partial charge in [0.1, 0.15) is 5.82 Å². The lowest BCUT2D eigenvalue weighted by Crippen LogP contribution is -2.54. The molecule has 122 valence electrons. The minimum atomic E-state index is -0.873. The third-order valence-corrected chi connectivity index (χ3v) is 3.99. The van der Waals surface area contributed by atoms with Crippen molar-refractivity contribution < 1.29 is 14.1 Å². The Kier molecular flexibility index (Phi) is 5.48. The molecule has 2 rings (SSSR count). The highest BCUT2D eigenvalue weighted by molar-refractivity contribution is 5.94. The van der Waals surface area contributed by atoms with Crippen molar-refractivity contribution in [1.82, 2.24) is 4.90 Å². The average molecular weight is 332 g/mol. The van der Waals surface area contributed by atoms with Crippen LogP contribution in [0.25, 0.3) is 0 Å². The number of amides is 1. The molecule has 1 heterocycles. The number of hydrogen-bond donors (Lipinski definition) is 1. The summed E-state index contributed by atoms with van der Waals surface area (Å²) in [5, 5.41) is 10.6. The number of non-ortho nitro benzene ring substituents is 1. The molecule has 0 spiro atoms. The van der Waals surface area contributed by atoms with Gasteiger partial charge in [0, 0.05) is 25.2 Å². The second-order valence-electron chi connectivity index (χ2n) is 6.03. The van der Waals surface area contributed by atoms with E-state index in [1.54, 1.807) is 4.90 Å². The first-order chi connectivity index (χ1) is 9.72. The lowest BCUT2D eigenvalue weighted by molar-refractivity contribution is -0.385. The second kappa shape index (κ2) is 6.58. The summed E-state index contributed by atoms with van der Waals surface area (Å²) < 4.78 is 13.9. The Labute approximate surface area is 134 Å². The summed E-state index contributed by atoms with van der Waals surface area (Å²) in [6, 6.07) is 3.06. The Morgan fingerprint density at radius 1 is 1.50 bits per heavy atom. The smallest absolute Gasteiger partial charge is 0.272 e. The van der Waals surface area contributed by atoms with Crippen LogP contribution in [0.1, 0.15) is 30.6 Å². The van der Waals surface area contributed by atoms with E-state index in [4.69, 9.17) is 5.73 Å². The molecule has 1 saturated heterocycles. The van der Waals surface area contributed by atoms with Crippen LogP contribution in [0.5, 0.6) is 0 Å². The van der Waals surface area contributed by atoms with Crippen LogP contribution in [0.15, 0.2) is 18.2 Å². The van der Waals surface area contributed by atoms with Crippen LogP contribution in [-0.4, -0.2) is 34.9 Å². The highest BCUT2D eigenvalue weighted by atomic mass is 35.5. The van der Waals surface area contributed by atoms with Gasteiger partial charge in [-0.3, -0.25) is 14.9 Å². The van der Waals surface area contributed by atoms with E-state index in [0.717, 1.165) is 18.2 Å². The second-order valence-corrected chi connectivity index (χ2v) is 6.03. The minimum absolute atomic E-state index is 0. The molecule has 0 aliphatic carbocycles. The van der Waals surface area contributed by atoms with Crippen molar-refractivity contribution in [2.75, 3.05) is 13.1 Å². The van der Waals surface area contributed by atoms with Gasteiger partial charge in [-0.25, -0.2) is 4.39 Å². The van der Waals surface area contributed by atoms with E-state index in [1.807, 2.05) is 13.8 Å². The molecule has 0 bridgehead atoms. The lowest BCUT2D eigenvalue weighted by atomic mass is 9.79. The van der Waals surface area contributed by atoms with E-state index in [1.165, 1.54) is 0 Å². The van der Waals surface area contributed by atoms with Crippen molar-refractivity contribution >= 4 is 24.0 Å². The molecule has 1 fully saturated rings. The predicted molar refractivity (Wildman–Crippen MR) is 82.6 cm³/mol. The summed E-state index contributed by atoms with van der Waals surface area (Å²) in [5.41, 5.74) is 5.25. The number of benzene rings is 1. The standard InChI is InChI=1S/C14H18FN3O3.ClH/c1-14(2)8-17(6-5-12(14)16)13(19)10-4-3-9(18(20)21)7-11(10)15;/h3-4,7,12H,5-6,8,16H2,1-2H3;1H. The maximum absolute atomic E-state index is 13.9. The Morgan fingerprint density at radius 2 is 2.14 bits per heavy atom. The monoisotopic (exact) mass is 331 g/mol. The van der Waals surface area contributed by atoms with E-state index in [-0.39, 0.29) is 35.1 Å². The summed E-state index contributed by atoms with van der Waals surface area (Å²) in [7, 11) is 0.